The number of nitrogen functional groups attached to an aromatic ring is 1. The summed E-state index contributed by atoms with van der Waals surface area (Å²) in [6.45, 7) is 3.45. The Bertz CT molecular complexity index is 539. The zero-order valence-electron chi connectivity index (χ0n) is 9.73. The monoisotopic (exact) mass is 247 g/mol. The van der Waals surface area contributed by atoms with Gasteiger partial charge in [0.1, 0.15) is 5.69 Å². The summed E-state index contributed by atoms with van der Waals surface area (Å²) in [5.74, 6) is 0.0424. The van der Waals surface area contributed by atoms with Crippen LogP contribution in [0.3, 0.4) is 0 Å². The Morgan fingerprint density at radius 2 is 1.94 bits per heavy atom. The fraction of sp³-hybridized carbons (Fsp3) is 0.667. The van der Waals surface area contributed by atoms with Crippen LogP contribution in [0, 0.1) is 6.92 Å². The van der Waals surface area contributed by atoms with Crippen LogP contribution in [-0.4, -0.2) is 29.3 Å². The van der Waals surface area contributed by atoms with Gasteiger partial charge in [-0.25, -0.2) is 13.1 Å². The SMILES string of the molecule is CCS(=O)(=O)CCn1c(=O)c(N)c(C)n1C. The predicted octanol–water partition coefficient (Wildman–Crippen LogP) is -0.488. The molecule has 0 aliphatic carbocycles. The maximum atomic E-state index is 11.6. The van der Waals surface area contributed by atoms with Crippen molar-refractivity contribution in [3.8, 4) is 0 Å². The minimum Gasteiger partial charge on any atom is -0.393 e. The van der Waals surface area contributed by atoms with Crippen LogP contribution in [0.5, 0.6) is 0 Å². The summed E-state index contributed by atoms with van der Waals surface area (Å²) in [5.41, 5.74) is 6.07. The van der Waals surface area contributed by atoms with Crippen LogP contribution in [0.15, 0.2) is 4.79 Å². The van der Waals surface area contributed by atoms with Crippen molar-refractivity contribution in [2.24, 2.45) is 7.05 Å². The molecule has 6 nitrogen and oxygen atoms in total. The molecule has 0 fully saturated rings. The number of hydrogen-bond donors (Lipinski definition) is 1. The highest BCUT2D eigenvalue weighted by molar-refractivity contribution is 7.91. The Hall–Kier alpha value is -1.24. The third-order valence-electron chi connectivity index (χ3n) is 2.76. The van der Waals surface area contributed by atoms with Gasteiger partial charge in [-0.15, -0.1) is 0 Å². The average molecular weight is 247 g/mol. The number of nitrogens with two attached hydrogens (primary N) is 1. The van der Waals surface area contributed by atoms with Crippen LogP contribution in [0.2, 0.25) is 0 Å². The number of hydrogen-bond acceptors (Lipinski definition) is 4. The third-order valence-corrected chi connectivity index (χ3v) is 4.44. The molecule has 0 spiro atoms. The van der Waals surface area contributed by atoms with E-state index in [-0.39, 0.29) is 29.3 Å². The molecule has 1 aromatic rings. The molecular weight excluding hydrogens is 230 g/mol. The van der Waals surface area contributed by atoms with Gasteiger partial charge in [-0.1, -0.05) is 6.92 Å². The van der Waals surface area contributed by atoms with E-state index in [0.717, 1.165) is 0 Å². The van der Waals surface area contributed by atoms with E-state index in [9.17, 15) is 13.2 Å². The highest BCUT2D eigenvalue weighted by atomic mass is 32.2. The molecule has 0 bridgehead atoms. The zero-order valence-corrected chi connectivity index (χ0v) is 10.5. The number of aromatic nitrogens is 2. The fourth-order valence-electron chi connectivity index (χ4n) is 1.41. The minimum absolute atomic E-state index is 0.0415. The molecule has 1 aromatic heterocycles. The second-order valence-corrected chi connectivity index (χ2v) is 6.16. The molecule has 0 saturated heterocycles. The lowest BCUT2D eigenvalue weighted by atomic mass is 10.4. The smallest absolute Gasteiger partial charge is 0.290 e. The summed E-state index contributed by atoms with van der Waals surface area (Å²) < 4.78 is 25.6. The lowest BCUT2D eigenvalue weighted by molar-refractivity contribution is 0.505. The van der Waals surface area contributed by atoms with Crippen molar-refractivity contribution in [1.82, 2.24) is 9.36 Å². The fourth-order valence-corrected chi connectivity index (χ4v) is 2.15. The summed E-state index contributed by atoms with van der Waals surface area (Å²) in [6.07, 6.45) is 0. The van der Waals surface area contributed by atoms with Gasteiger partial charge in [0.15, 0.2) is 9.84 Å². The van der Waals surface area contributed by atoms with Crippen molar-refractivity contribution in [2.75, 3.05) is 17.2 Å². The Morgan fingerprint density at radius 3 is 2.31 bits per heavy atom. The van der Waals surface area contributed by atoms with Gasteiger partial charge in [0.05, 0.1) is 18.0 Å². The van der Waals surface area contributed by atoms with E-state index in [0.29, 0.717) is 5.69 Å². The molecule has 0 aliphatic rings. The molecule has 1 rings (SSSR count). The maximum Gasteiger partial charge on any atom is 0.290 e. The third kappa shape index (κ3) is 2.29. The lowest BCUT2D eigenvalue weighted by Gasteiger charge is -2.07. The Morgan fingerprint density at radius 1 is 1.38 bits per heavy atom. The molecule has 0 unspecified atom stereocenters. The van der Waals surface area contributed by atoms with Crippen molar-refractivity contribution < 1.29 is 8.42 Å². The second-order valence-electron chi connectivity index (χ2n) is 3.69. The first-order valence-corrected chi connectivity index (χ1v) is 6.84. The van der Waals surface area contributed by atoms with Crippen molar-refractivity contribution in [3.63, 3.8) is 0 Å². The predicted molar refractivity (Wildman–Crippen MR) is 63.2 cm³/mol. The van der Waals surface area contributed by atoms with Crippen LogP contribution >= 0.6 is 0 Å². The Kier molecular flexibility index (Phi) is 3.47. The van der Waals surface area contributed by atoms with E-state index in [2.05, 4.69) is 0 Å². The Balaban J connectivity index is 3.00. The zero-order chi connectivity index (χ0) is 12.5. The molecule has 7 heteroatoms. The molecule has 0 saturated carbocycles. The van der Waals surface area contributed by atoms with Crippen LogP contribution in [0.1, 0.15) is 12.6 Å². The van der Waals surface area contributed by atoms with Gasteiger partial charge in [-0.05, 0) is 6.92 Å². The quantitative estimate of drug-likeness (QED) is 0.778. The summed E-state index contributed by atoms with van der Waals surface area (Å²) in [7, 11) is -1.38. The molecule has 0 atom stereocenters. The van der Waals surface area contributed by atoms with Crippen molar-refractivity contribution >= 4 is 15.5 Å². The molecule has 0 aliphatic heterocycles. The lowest BCUT2D eigenvalue weighted by Crippen LogP contribution is -2.27. The first-order valence-electron chi connectivity index (χ1n) is 5.02. The topological polar surface area (TPSA) is 87.1 Å². The summed E-state index contributed by atoms with van der Waals surface area (Å²) >= 11 is 0. The van der Waals surface area contributed by atoms with Gasteiger partial charge in [-0.3, -0.25) is 9.48 Å². The Labute approximate surface area is 94.6 Å². The van der Waals surface area contributed by atoms with Crippen LogP contribution in [0.4, 0.5) is 5.69 Å². The van der Waals surface area contributed by atoms with E-state index >= 15 is 0 Å². The second kappa shape index (κ2) is 4.32. The molecule has 92 valence electrons. The van der Waals surface area contributed by atoms with Gasteiger partial charge < -0.3 is 5.73 Å². The summed E-state index contributed by atoms with van der Waals surface area (Å²) in [4.78, 5) is 11.6. The van der Waals surface area contributed by atoms with Crippen LogP contribution in [0.25, 0.3) is 0 Å². The van der Waals surface area contributed by atoms with E-state index in [1.54, 1.807) is 25.6 Å². The summed E-state index contributed by atoms with van der Waals surface area (Å²) in [5, 5.41) is 0. The normalized spacial score (nSPS) is 11.9. The van der Waals surface area contributed by atoms with E-state index in [4.69, 9.17) is 5.73 Å². The molecule has 0 radical (unpaired) electrons. The first-order chi connectivity index (χ1) is 7.30. The van der Waals surface area contributed by atoms with E-state index < -0.39 is 9.84 Å². The average Bonchev–Trinajstić information content (AvgIpc) is 2.42. The van der Waals surface area contributed by atoms with Gasteiger partial charge in [0.2, 0.25) is 0 Å². The molecular formula is C9H17N3O3S. The summed E-state index contributed by atoms with van der Waals surface area (Å²) in [6, 6.07) is 0. The highest BCUT2D eigenvalue weighted by Gasteiger charge is 2.14. The van der Waals surface area contributed by atoms with Crippen LogP contribution < -0.4 is 11.3 Å². The van der Waals surface area contributed by atoms with Crippen molar-refractivity contribution in [3.05, 3.63) is 16.0 Å². The van der Waals surface area contributed by atoms with Gasteiger partial charge in [0, 0.05) is 12.8 Å². The molecule has 16 heavy (non-hydrogen) atoms. The van der Waals surface area contributed by atoms with Gasteiger partial charge in [0.25, 0.3) is 5.56 Å². The molecule has 0 amide bonds. The van der Waals surface area contributed by atoms with Gasteiger partial charge >= 0.3 is 0 Å². The standard InChI is InChI=1S/C9H17N3O3S/c1-4-16(14,15)6-5-12-9(13)8(10)7(2)11(12)3/h4-6,10H2,1-3H3. The molecule has 0 aromatic carbocycles. The van der Waals surface area contributed by atoms with Crippen molar-refractivity contribution in [1.29, 1.82) is 0 Å². The highest BCUT2D eigenvalue weighted by Crippen LogP contribution is 2.04. The first kappa shape index (κ1) is 12.8. The van der Waals surface area contributed by atoms with E-state index in [1.807, 2.05) is 0 Å². The molecule has 2 N–H and O–H groups in total. The number of nitrogens with zero attached hydrogens (tertiary/aromatic N) is 2. The number of sulfone groups is 1. The van der Waals surface area contributed by atoms with Gasteiger partial charge in [-0.2, -0.15) is 0 Å². The molecule has 1 heterocycles. The maximum absolute atomic E-state index is 11.6. The van der Waals surface area contributed by atoms with E-state index in [1.165, 1.54) is 4.68 Å². The van der Waals surface area contributed by atoms with Crippen LogP contribution in [-0.2, 0) is 23.4 Å². The van der Waals surface area contributed by atoms with Crippen molar-refractivity contribution in [2.45, 2.75) is 20.4 Å². The number of anilines is 1. The minimum atomic E-state index is -3.07. The largest absolute Gasteiger partial charge is 0.393 e. The number of rotatable bonds is 4.